The molecule has 0 N–H and O–H groups in total. The normalized spacial score (nSPS) is 11.6. The minimum atomic E-state index is 0.777. The van der Waals surface area contributed by atoms with Gasteiger partial charge in [-0.3, -0.25) is 0 Å². The molecule has 0 aliphatic rings. The van der Waals surface area contributed by atoms with Crippen molar-refractivity contribution >= 4 is 56.9 Å². The Hall–Kier alpha value is -2.28. The zero-order chi connectivity index (χ0) is 16.5. The van der Waals surface area contributed by atoms with Crippen LogP contribution in [0.2, 0.25) is 10.0 Å². The highest BCUT2D eigenvalue weighted by Crippen LogP contribution is 2.30. The fourth-order valence-corrected chi connectivity index (χ4v) is 3.50. The van der Waals surface area contributed by atoms with E-state index in [2.05, 4.69) is 36.4 Å². The highest BCUT2D eigenvalue weighted by Gasteiger charge is 2.04. The summed E-state index contributed by atoms with van der Waals surface area (Å²) in [6.45, 7) is 0. The third-order valence-corrected chi connectivity index (χ3v) is 4.91. The van der Waals surface area contributed by atoms with Crippen LogP contribution in [0.25, 0.3) is 33.7 Å². The van der Waals surface area contributed by atoms with Crippen LogP contribution in [0.1, 0.15) is 11.1 Å². The molecule has 2 heteroatoms. The first-order chi connectivity index (χ1) is 11.7. The van der Waals surface area contributed by atoms with E-state index in [-0.39, 0.29) is 0 Å². The summed E-state index contributed by atoms with van der Waals surface area (Å²) in [7, 11) is 0. The number of benzene rings is 4. The van der Waals surface area contributed by atoms with Crippen LogP contribution in [0.15, 0.2) is 72.8 Å². The van der Waals surface area contributed by atoms with Gasteiger partial charge in [0.25, 0.3) is 0 Å². The summed E-state index contributed by atoms with van der Waals surface area (Å²) in [6.07, 6.45) is 4.27. The predicted molar refractivity (Wildman–Crippen MR) is 107 cm³/mol. The van der Waals surface area contributed by atoms with Gasteiger partial charge in [0.05, 0.1) is 0 Å². The topological polar surface area (TPSA) is 0 Å². The van der Waals surface area contributed by atoms with Crippen molar-refractivity contribution in [2.45, 2.75) is 0 Å². The fourth-order valence-electron chi connectivity index (χ4n) is 3.04. The molecular formula is C22H14Cl2. The largest absolute Gasteiger partial charge is 0.0837 e. The summed E-state index contributed by atoms with van der Waals surface area (Å²) in [5.74, 6) is 0. The first kappa shape index (κ1) is 15.3. The van der Waals surface area contributed by atoms with Crippen LogP contribution in [-0.4, -0.2) is 0 Å². The van der Waals surface area contributed by atoms with Crippen molar-refractivity contribution in [1.82, 2.24) is 0 Å². The Morgan fingerprint density at radius 2 is 0.833 bits per heavy atom. The number of fused-ring (bicyclic) bond motifs is 2. The van der Waals surface area contributed by atoms with E-state index in [1.807, 2.05) is 48.5 Å². The van der Waals surface area contributed by atoms with E-state index in [0.717, 1.165) is 42.7 Å². The summed E-state index contributed by atoms with van der Waals surface area (Å²) in [5, 5.41) is 6.00. The van der Waals surface area contributed by atoms with Crippen molar-refractivity contribution in [2.24, 2.45) is 0 Å². The lowest BCUT2D eigenvalue weighted by Crippen LogP contribution is -1.81. The van der Waals surface area contributed by atoms with E-state index < -0.39 is 0 Å². The van der Waals surface area contributed by atoms with Gasteiger partial charge in [0, 0.05) is 20.8 Å². The van der Waals surface area contributed by atoms with Crippen molar-refractivity contribution in [2.75, 3.05) is 0 Å². The highest BCUT2D eigenvalue weighted by molar-refractivity contribution is 6.36. The SMILES string of the molecule is Clc1ccc(C=Cc2ccc(Cl)c3ccccc23)c2ccccc12. The molecule has 0 nitrogen and oxygen atoms in total. The Balaban J connectivity index is 1.85. The molecular weight excluding hydrogens is 335 g/mol. The van der Waals surface area contributed by atoms with Crippen molar-refractivity contribution in [3.63, 3.8) is 0 Å². The molecule has 4 aromatic carbocycles. The van der Waals surface area contributed by atoms with Crippen molar-refractivity contribution in [3.8, 4) is 0 Å². The Kier molecular flexibility index (Phi) is 4.02. The summed E-state index contributed by atoms with van der Waals surface area (Å²) in [4.78, 5) is 0. The van der Waals surface area contributed by atoms with Crippen LogP contribution < -0.4 is 0 Å². The number of halogens is 2. The third kappa shape index (κ3) is 2.69. The predicted octanol–water partition coefficient (Wildman–Crippen LogP) is 7.47. The molecule has 0 aliphatic carbocycles. The average molecular weight is 349 g/mol. The molecule has 4 rings (SSSR count). The molecule has 0 heterocycles. The molecule has 0 saturated heterocycles. The summed E-state index contributed by atoms with van der Waals surface area (Å²) in [5.41, 5.74) is 2.29. The third-order valence-electron chi connectivity index (χ3n) is 4.25. The average Bonchev–Trinajstić information content (AvgIpc) is 2.63. The zero-order valence-electron chi connectivity index (χ0n) is 12.8. The monoisotopic (exact) mass is 348 g/mol. The molecule has 4 aromatic rings. The smallest absolute Gasteiger partial charge is 0.0484 e. The molecule has 0 unspecified atom stereocenters. The van der Waals surface area contributed by atoms with Crippen LogP contribution in [0.3, 0.4) is 0 Å². The Labute approximate surface area is 150 Å². The second kappa shape index (κ2) is 6.32. The van der Waals surface area contributed by atoms with E-state index in [1.165, 1.54) is 0 Å². The van der Waals surface area contributed by atoms with Crippen molar-refractivity contribution in [3.05, 3.63) is 94.0 Å². The molecule has 24 heavy (non-hydrogen) atoms. The van der Waals surface area contributed by atoms with Gasteiger partial charge in [0.2, 0.25) is 0 Å². The van der Waals surface area contributed by atoms with Crippen LogP contribution in [0.5, 0.6) is 0 Å². The molecule has 0 aromatic heterocycles. The van der Waals surface area contributed by atoms with E-state index in [0.29, 0.717) is 0 Å². The van der Waals surface area contributed by atoms with E-state index in [9.17, 15) is 0 Å². The van der Waals surface area contributed by atoms with Gasteiger partial charge in [-0.05, 0) is 34.0 Å². The van der Waals surface area contributed by atoms with Crippen LogP contribution >= 0.6 is 23.2 Å². The van der Waals surface area contributed by atoms with Gasteiger partial charge < -0.3 is 0 Å². The number of hydrogen-bond donors (Lipinski definition) is 0. The van der Waals surface area contributed by atoms with E-state index in [4.69, 9.17) is 23.2 Å². The minimum absolute atomic E-state index is 0.777. The molecule has 0 atom stereocenters. The van der Waals surface area contributed by atoms with Crippen LogP contribution in [-0.2, 0) is 0 Å². The molecule has 0 aliphatic heterocycles. The van der Waals surface area contributed by atoms with Crippen molar-refractivity contribution < 1.29 is 0 Å². The maximum atomic E-state index is 6.30. The summed E-state index contributed by atoms with van der Waals surface area (Å²) < 4.78 is 0. The van der Waals surface area contributed by atoms with E-state index >= 15 is 0 Å². The molecule has 0 spiro atoms. The lowest BCUT2D eigenvalue weighted by atomic mass is 10.0. The Morgan fingerprint density at radius 3 is 1.25 bits per heavy atom. The second-order valence-corrected chi connectivity index (χ2v) is 6.51. The maximum absolute atomic E-state index is 6.30. The van der Waals surface area contributed by atoms with E-state index in [1.54, 1.807) is 0 Å². The van der Waals surface area contributed by atoms with Gasteiger partial charge in [0.15, 0.2) is 0 Å². The van der Waals surface area contributed by atoms with Crippen molar-refractivity contribution in [1.29, 1.82) is 0 Å². The van der Waals surface area contributed by atoms with Crippen LogP contribution in [0, 0.1) is 0 Å². The Bertz CT molecular complexity index is 990. The highest BCUT2D eigenvalue weighted by atomic mass is 35.5. The van der Waals surface area contributed by atoms with Gasteiger partial charge >= 0.3 is 0 Å². The molecule has 0 fully saturated rings. The van der Waals surface area contributed by atoms with Gasteiger partial charge in [-0.2, -0.15) is 0 Å². The molecule has 116 valence electrons. The van der Waals surface area contributed by atoms with Gasteiger partial charge in [0.1, 0.15) is 0 Å². The number of hydrogen-bond acceptors (Lipinski definition) is 0. The molecule has 0 saturated carbocycles. The van der Waals surface area contributed by atoms with Gasteiger partial charge in [-0.1, -0.05) is 96.0 Å². The van der Waals surface area contributed by atoms with Crippen LogP contribution in [0.4, 0.5) is 0 Å². The quantitative estimate of drug-likeness (QED) is 0.329. The van der Waals surface area contributed by atoms with Gasteiger partial charge in [-0.15, -0.1) is 0 Å². The fraction of sp³-hybridized carbons (Fsp3) is 0. The number of rotatable bonds is 2. The minimum Gasteiger partial charge on any atom is -0.0837 e. The first-order valence-electron chi connectivity index (χ1n) is 7.76. The molecule has 0 radical (unpaired) electrons. The Morgan fingerprint density at radius 1 is 0.458 bits per heavy atom. The first-order valence-corrected chi connectivity index (χ1v) is 8.52. The molecule has 0 amide bonds. The summed E-state index contributed by atoms with van der Waals surface area (Å²) >= 11 is 12.6. The second-order valence-electron chi connectivity index (χ2n) is 5.70. The zero-order valence-corrected chi connectivity index (χ0v) is 14.4. The summed E-state index contributed by atoms with van der Waals surface area (Å²) in [6, 6.07) is 24.4. The maximum Gasteiger partial charge on any atom is 0.0484 e. The lowest BCUT2D eigenvalue weighted by molar-refractivity contribution is 1.70. The molecule has 0 bridgehead atoms. The standard InChI is InChI=1S/C22H14Cl2/c23-21-13-11-15(17-5-1-3-7-19(17)21)9-10-16-12-14-22(24)20-8-4-2-6-18(16)20/h1-14H. The van der Waals surface area contributed by atoms with Gasteiger partial charge in [-0.25, -0.2) is 0 Å². The lowest BCUT2D eigenvalue weighted by Gasteiger charge is -2.06.